The molecule has 0 spiro atoms. The van der Waals surface area contributed by atoms with Gasteiger partial charge >= 0.3 is 6.03 Å². The summed E-state index contributed by atoms with van der Waals surface area (Å²) in [6.07, 6.45) is 8.19. The lowest BCUT2D eigenvalue weighted by Crippen LogP contribution is -2.33. The smallest absolute Gasteiger partial charge is 0.319 e. The van der Waals surface area contributed by atoms with Crippen molar-refractivity contribution < 1.29 is 4.79 Å². The van der Waals surface area contributed by atoms with Gasteiger partial charge in [0.15, 0.2) is 5.11 Å². The van der Waals surface area contributed by atoms with Gasteiger partial charge in [-0.2, -0.15) is 5.26 Å². The van der Waals surface area contributed by atoms with Gasteiger partial charge in [-0.15, -0.1) is 0 Å². The van der Waals surface area contributed by atoms with E-state index >= 15 is 0 Å². The van der Waals surface area contributed by atoms with E-state index in [1.807, 2.05) is 36.9 Å². The molecule has 12 heteroatoms. The van der Waals surface area contributed by atoms with Crippen LogP contribution in [0.3, 0.4) is 0 Å². The molecule has 0 bridgehead atoms. The maximum atomic E-state index is 12.8. The maximum Gasteiger partial charge on any atom is 0.319 e. The van der Waals surface area contributed by atoms with Crippen molar-refractivity contribution in [3.8, 4) is 28.6 Å². The summed E-state index contributed by atoms with van der Waals surface area (Å²) in [6.45, 7) is 1.01. The highest BCUT2D eigenvalue weighted by atomic mass is 35.5. The Bertz CT molecular complexity index is 2310. The molecule has 6 aromatic rings. The van der Waals surface area contributed by atoms with Gasteiger partial charge in [-0.1, -0.05) is 66.2 Å². The highest BCUT2D eigenvalue weighted by molar-refractivity contribution is 7.80. The quantitative estimate of drug-likeness (QED) is 0.125. The average molecular weight is 696 g/mol. The molecular formula is C38H30ClN9OS. The SMILES string of the molecule is N#Cc1ccc(NC(=O)NCC2c3cccc(Cc4ccc(NC(=S)NCC5c6ccccc6-c6cncn65)cc4)c3-c3cncn32)cc1Cl. The van der Waals surface area contributed by atoms with Crippen LogP contribution in [0.2, 0.25) is 5.02 Å². The molecule has 2 aliphatic rings. The van der Waals surface area contributed by atoms with Gasteiger partial charge in [0.2, 0.25) is 0 Å². The number of carbonyl (C=O) groups is 1. The zero-order chi connectivity index (χ0) is 34.2. The first-order chi connectivity index (χ1) is 24.5. The van der Waals surface area contributed by atoms with Crippen LogP contribution >= 0.6 is 23.8 Å². The minimum atomic E-state index is -0.364. The van der Waals surface area contributed by atoms with E-state index in [1.54, 1.807) is 24.5 Å². The first kappa shape index (κ1) is 31.3. The van der Waals surface area contributed by atoms with Crippen LogP contribution in [-0.4, -0.2) is 43.3 Å². The molecule has 2 aliphatic heterocycles. The molecule has 10 nitrogen and oxygen atoms in total. The van der Waals surface area contributed by atoms with E-state index < -0.39 is 0 Å². The minimum absolute atomic E-state index is 0.115. The first-order valence-electron chi connectivity index (χ1n) is 16.1. The summed E-state index contributed by atoms with van der Waals surface area (Å²) < 4.78 is 4.29. The maximum absolute atomic E-state index is 12.8. The van der Waals surface area contributed by atoms with Crippen LogP contribution in [0.25, 0.3) is 22.5 Å². The van der Waals surface area contributed by atoms with Crippen LogP contribution in [0.1, 0.15) is 39.9 Å². The number of fused-ring (bicyclic) bond motifs is 6. The molecule has 8 rings (SSSR count). The number of hydrogen-bond acceptors (Lipinski definition) is 5. The number of hydrogen-bond donors (Lipinski definition) is 4. The molecule has 0 saturated carbocycles. The third-order valence-electron chi connectivity index (χ3n) is 9.26. The van der Waals surface area contributed by atoms with Crippen LogP contribution in [0.5, 0.6) is 0 Å². The van der Waals surface area contributed by atoms with Crippen molar-refractivity contribution in [1.82, 2.24) is 29.7 Å². The van der Waals surface area contributed by atoms with E-state index in [0.29, 0.717) is 29.5 Å². The monoisotopic (exact) mass is 695 g/mol. The Morgan fingerprint density at radius 3 is 2.32 bits per heavy atom. The van der Waals surface area contributed by atoms with E-state index in [-0.39, 0.29) is 23.1 Å². The summed E-state index contributed by atoms with van der Waals surface area (Å²) in [5.74, 6) is 0. The van der Waals surface area contributed by atoms with E-state index in [4.69, 9.17) is 29.1 Å². The fourth-order valence-electron chi connectivity index (χ4n) is 6.94. The van der Waals surface area contributed by atoms with Crippen molar-refractivity contribution in [3.63, 3.8) is 0 Å². The third-order valence-corrected chi connectivity index (χ3v) is 9.82. The topological polar surface area (TPSA) is 125 Å². The number of anilines is 2. The van der Waals surface area contributed by atoms with Crippen LogP contribution in [0.4, 0.5) is 16.2 Å². The number of halogens is 1. The summed E-state index contributed by atoms with van der Waals surface area (Å²) in [5.41, 5.74) is 11.0. The number of carbonyl (C=O) groups excluding carboxylic acids is 1. The number of rotatable bonds is 8. The number of amides is 2. The zero-order valence-electron chi connectivity index (χ0n) is 26.6. The predicted molar refractivity (Wildman–Crippen MR) is 198 cm³/mol. The number of aromatic nitrogens is 4. The number of urea groups is 1. The van der Waals surface area contributed by atoms with Gasteiger partial charge in [0.05, 0.1) is 59.1 Å². The molecular weight excluding hydrogens is 666 g/mol. The van der Waals surface area contributed by atoms with Crippen LogP contribution < -0.4 is 21.3 Å². The number of nitrogens with zero attached hydrogens (tertiary/aromatic N) is 5. The number of imidazole rings is 2. The first-order valence-corrected chi connectivity index (χ1v) is 16.9. The summed E-state index contributed by atoms with van der Waals surface area (Å²) in [7, 11) is 0. The van der Waals surface area contributed by atoms with Gasteiger partial charge in [0.1, 0.15) is 6.07 Å². The van der Waals surface area contributed by atoms with E-state index in [9.17, 15) is 4.79 Å². The number of thiocarbonyl (C=S) groups is 1. The number of nitrogens with one attached hydrogen (secondary N) is 4. The second-order valence-electron chi connectivity index (χ2n) is 12.2. The molecule has 4 N–H and O–H groups in total. The van der Waals surface area contributed by atoms with Crippen LogP contribution in [0, 0.1) is 11.3 Å². The lowest BCUT2D eigenvalue weighted by Gasteiger charge is -2.18. The number of benzene rings is 4. The molecule has 50 heavy (non-hydrogen) atoms. The van der Waals surface area contributed by atoms with E-state index in [1.165, 1.54) is 16.7 Å². The second kappa shape index (κ2) is 13.2. The molecule has 4 heterocycles. The van der Waals surface area contributed by atoms with Gasteiger partial charge in [0.25, 0.3) is 0 Å². The van der Waals surface area contributed by atoms with Crippen molar-refractivity contribution in [2.75, 3.05) is 23.7 Å². The standard InChI is InChI=1S/C38H30ClN9OS/c39-31-15-27(13-10-25(31)16-40)45-37(49)43-19-34-30-7-3-4-24(36(30)35-18-42-22-48(34)35)14-23-8-11-26(12-9-23)46-38(50)44-20-33-29-6-2-1-5-28(29)32-17-41-21-47(32)33/h1-13,15,17-18,21-22,33-34H,14,19-20H2,(H2,43,45,49)(H2,44,46,50). The Morgan fingerprint density at radius 2 is 1.52 bits per heavy atom. The van der Waals surface area contributed by atoms with Gasteiger partial charge in [0, 0.05) is 35.6 Å². The predicted octanol–water partition coefficient (Wildman–Crippen LogP) is 7.14. The normalized spacial score (nSPS) is 14.9. The average Bonchev–Trinajstić information content (AvgIpc) is 3.90. The zero-order valence-corrected chi connectivity index (χ0v) is 28.2. The Kier molecular flexibility index (Phi) is 8.24. The van der Waals surface area contributed by atoms with Gasteiger partial charge < -0.3 is 30.4 Å². The molecule has 0 radical (unpaired) electrons. The summed E-state index contributed by atoms with van der Waals surface area (Å²) in [6, 6.07) is 29.5. The van der Waals surface area contributed by atoms with Gasteiger partial charge in [-0.25, -0.2) is 14.8 Å². The molecule has 2 aromatic heterocycles. The Morgan fingerprint density at radius 1 is 0.820 bits per heavy atom. The van der Waals surface area contributed by atoms with E-state index in [0.717, 1.165) is 40.2 Å². The molecule has 0 aliphatic carbocycles. The van der Waals surface area contributed by atoms with Gasteiger partial charge in [-0.05, 0) is 71.2 Å². The summed E-state index contributed by atoms with van der Waals surface area (Å²) >= 11 is 11.8. The fraction of sp³-hybridized carbons (Fsp3) is 0.132. The summed E-state index contributed by atoms with van der Waals surface area (Å²) in [5, 5.41) is 22.5. The lowest BCUT2D eigenvalue weighted by atomic mass is 9.93. The van der Waals surface area contributed by atoms with Crippen molar-refractivity contribution in [1.29, 1.82) is 5.26 Å². The fourth-order valence-corrected chi connectivity index (χ4v) is 7.37. The highest BCUT2D eigenvalue weighted by Gasteiger charge is 2.31. The Balaban J connectivity index is 0.904. The van der Waals surface area contributed by atoms with Crippen molar-refractivity contribution in [2.24, 2.45) is 0 Å². The Hall–Kier alpha value is -5.96. The molecule has 2 atom stereocenters. The number of nitriles is 1. The molecule has 4 aromatic carbocycles. The molecule has 0 saturated heterocycles. The van der Waals surface area contributed by atoms with Crippen molar-refractivity contribution in [3.05, 3.63) is 143 Å². The molecule has 0 fully saturated rings. The minimum Gasteiger partial charge on any atom is -0.360 e. The van der Waals surface area contributed by atoms with Crippen LogP contribution in [-0.2, 0) is 6.42 Å². The summed E-state index contributed by atoms with van der Waals surface area (Å²) in [4.78, 5) is 21.6. The Labute approximate surface area is 298 Å². The van der Waals surface area contributed by atoms with Crippen molar-refractivity contribution >= 4 is 46.3 Å². The lowest BCUT2D eigenvalue weighted by molar-refractivity contribution is 0.251. The largest absolute Gasteiger partial charge is 0.360 e. The van der Waals surface area contributed by atoms with Gasteiger partial charge in [-0.3, -0.25) is 0 Å². The molecule has 2 unspecified atom stereocenters. The van der Waals surface area contributed by atoms with Crippen LogP contribution in [0.15, 0.2) is 110 Å². The molecule has 246 valence electrons. The third kappa shape index (κ3) is 5.85. The van der Waals surface area contributed by atoms with Crippen molar-refractivity contribution in [2.45, 2.75) is 18.5 Å². The molecule has 2 amide bonds. The highest BCUT2D eigenvalue weighted by Crippen LogP contribution is 2.42. The second-order valence-corrected chi connectivity index (χ2v) is 13.0. The van der Waals surface area contributed by atoms with E-state index in [2.05, 4.69) is 95.0 Å².